The highest BCUT2D eigenvalue weighted by Gasteiger charge is 2.35. The number of fused-ring (bicyclic) bond motifs is 8. The molecule has 214 valence electrons. The van der Waals surface area contributed by atoms with Gasteiger partial charge in [0.1, 0.15) is 0 Å². The largest absolute Gasteiger partial charge is 0.310 e. The summed E-state index contributed by atoms with van der Waals surface area (Å²) >= 11 is 1.90. The Balaban J connectivity index is 1.23. The summed E-state index contributed by atoms with van der Waals surface area (Å²) in [6.45, 7) is 4.69. The normalized spacial score (nSPS) is 13.3. The maximum absolute atomic E-state index is 2.42. The van der Waals surface area contributed by atoms with E-state index in [4.69, 9.17) is 0 Å². The van der Waals surface area contributed by atoms with Crippen molar-refractivity contribution in [1.29, 1.82) is 0 Å². The number of benzene rings is 7. The molecule has 0 bridgehead atoms. The number of anilines is 3. The SMILES string of the molecule is CC1(C)c2ccccc2-c2cc(N(c3ccc(-c4ccccc4)cc3)c3ccc4c(c3)sc3c5ccccc5ccc43)ccc21. The second kappa shape index (κ2) is 9.92. The van der Waals surface area contributed by atoms with Crippen molar-refractivity contribution in [1.82, 2.24) is 0 Å². The van der Waals surface area contributed by atoms with Gasteiger partial charge in [-0.1, -0.05) is 129 Å². The van der Waals surface area contributed by atoms with Crippen LogP contribution < -0.4 is 4.90 Å². The van der Waals surface area contributed by atoms with Crippen molar-refractivity contribution in [3.63, 3.8) is 0 Å². The molecule has 1 aliphatic rings. The van der Waals surface area contributed by atoms with Gasteiger partial charge < -0.3 is 4.90 Å². The van der Waals surface area contributed by atoms with Gasteiger partial charge in [-0.05, 0) is 80.6 Å². The van der Waals surface area contributed by atoms with Gasteiger partial charge in [-0.3, -0.25) is 0 Å². The molecular formula is C43H31NS. The van der Waals surface area contributed by atoms with Gasteiger partial charge in [-0.25, -0.2) is 0 Å². The van der Waals surface area contributed by atoms with E-state index in [1.54, 1.807) is 0 Å². The molecule has 2 heteroatoms. The minimum absolute atomic E-state index is 0.0224. The zero-order valence-electron chi connectivity index (χ0n) is 25.3. The van der Waals surface area contributed by atoms with E-state index in [1.807, 2.05) is 11.3 Å². The van der Waals surface area contributed by atoms with E-state index in [-0.39, 0.29) is 5.41 Å². The lowest BCUT2D eigenvalue weighted by Crippen LogP contribution is -2.15. The maximum Gasteiger partial charge on any atom is 0.0476 e. The molecule has 0 fully saturated rings. The van der Waals surface area contributed by atoms with Gasteiger partial charge in [-0.15, -0.1) is 11.3 Å². The van der Waals surface area contributed by atoms with Crippen molar-refractivity contribution in [3.05, 3.63) is 163 Å². The molecule has 1 heterocycles. The van der Waals surface area contributed by atoms with Gasteiger partial charge in [0.15, 0.2) is 0 Å². The van der Waals surface area contributed by atoms with Crippen LogP contribution in [0.5, 0.6) is 0 Å². The van der Waals surface area contributed by atoms with Crippen LogP contribution in [-0.4, -0.2) is 0 Å². The number of hydrogen-bond donors (Lipinski definition) is 0. The van der Waals surface area contributed by atoms with E-state index in [1.165, 1.54) is 70.0 Å². The fourth-order valence-electron chi connectivity index (χ4n) is 7.36. The predicted octanol–water partition coefficient (Wildman–Crippen LogP) is 12.7. The number of hydrogen-bond acceptors (Lipinski definition) is 2. The van der Waals surface area contributed by atoms with Crippen molar-refractivity contribution in [2.24, 2.45) is 0 Å². The quantitative estimate of drug-likeness (QED) is 0.196. The molecule has 0 N–H and O–H groups in total. The van der Waals surface area contributed by atoms with E-state index in [0.29, 0.717) is 0 Å². The smallest absolute Gasteiger partial charge is 0.0476 e. The highest BCUT2D eigenvalue weighted by atomic mass is 32.1. The summed E-state index contributed by atoms with van der Waals surface area (Å²) < 4.78 is 2.66. The molecule has 0 aliphatic heterocycles. The molecule has 0 saturated heterocycles. The Morgan fingerprint density at radius 3 is 1.98 bits per heavy atom. The van der Waals surface area contributed by atoms with Crippen molar-refractivity contribution >= 4 is 59.3 Å². The standard InChI is InChI=1S/C43H31NS/c1-43(2)39-15-9-8-14-35(39)38-26-32(22-25-40(38)43)44(31-19-16-29(17-20-31)28-10-4-3-5-11-28)33-21-24-36-37-23-18-30-12-6-7-13-34(30)42(37)45-41(36)27-33/h3-27H,1-2H3. The van der Waals surface area contributed by atoms with Crippen LogP contribution >= 0.6 is 11.3 Å². The lowest BCUT2D eigenvalue weighted by atomic mass is 9.82. The fraction of sp³-hybridized carbons (Fsp3) is 0.0698. The molecule has 0 saturated carbocycles. The zero-order valence-corrected chi connectivity index (χ0v) is 26.1. The molecule has 1 nitrogen and oxygen atoms in total. The molecule has 0 unspecified atom stereocenters. The third-order valence-electron chi connectivity index (χ3n) is 9.66. The first-order valence-electron chi connectivity index (χ1n) is 15.6. The summed E-state index contributed by atoms with van der Waals surface area (Å²) in [4.78, 5) is 2.42. The van der Waals surface area contributed by atoms with Gasteiger partial charge in [0.05, 0.1) is 0 Å². The van der Waals surface area contributed by atoms with Gasteiger partial charge in [0, 0.05) is 42.6 Å². The van der Waals surface area contributed by atoms with Crippen molar-refractivity contribution in [3.8, 4) is 22.3 Å². The summed E-state index contributed by atoms with van der Waals surface area (Å²) in [5, 5.41) is 5.26. The van der Waals surface area contributed by atoms with Gasteiger partial charge >= 0.3 is 0 Å². The van der Waals surface area contributed by atoms with Crippen LogP contribution in [0.15, 0.2) is 152 Å². The molecule has 1 aromatic heterocycles. The molecule has 0 amide bonds. The Bertz CT molecular complexity index is 2400. The lowest BCUT2D eigenvalue weighted by Gasteiger charge is -2.27. The zero-order chi connectivity index (χ0) is 30.1. The van der Waals surface area contributed by atoms with Gasteiger partial charge in [-0.2, -0.15) is 0 Å². The maximum atomic E-state index is 2.42. The number of nitrogens with zero attached hydrogens (tertiary/aromatic N) is 1. The van der Waals surface area contributed by atoms with Gasteiger partial charge in [0.2, 0.25) is 0 Å². The molecule has 1 aliphatic carbocycles. The minimum Gasteiger partial charge on any atom is -0.310 e. The van der Waals surface area contributed by atoms with E-state index in [2.05, 4.69) is 170 Å². The van der Waals surface area contributed by atoms with Crippen LogP contribution in [0.2, 0.25) is 0 Å². The molecule has 45 heavy (non-hydrogen) atoms. The van der Waals surface area contributed by atoms with E-state index >= 15 is 0 Å². The van der Waals surface area contributed by atoms with Crippen molar-refractivity contribution in [2.45, 2.75) is 19.3 Å². The molecule has 7 aromatic carbocycles. The lowest BCUT2D eigenvalue weighted by molar-refractivity contribution is 0.660. The van der Waals surface area contributed by atoms with Crippen LogP contribution in [0.1, 0.15) is 25.0 Å². The van der Waals surface area contributed by atoms with Crippen LogP contribution in [0.25, 0.3) is 53.2 Å². The van der Waals surface area contributed by atoms with Gasteiger partial charge in [0.25, 0.3) is 0 Å². The number of thiophene rings is 1. The molecular weight excluding hydrogens is 563 g/mol. The Labute approximate surface area is 267 Å². The van der Waals surface area contributed by atoms with Crippen LogP contribution in [0.4, 0.5) is 17.1 Å². The summed E-state index contributed by atoms with van der Waals surface area (Å²) in [5.41, 5.74) is 11.3. The van der Waals surface area contributed by atoms with Crippen LogP contribution in [-0.2, 0) is 5.41 Å². The topological polar surface area (TPSA) is 3.24 Å². The highest BCUT2D eigenvalue weighted by molar-refractivity contribution is 7.26. The average Bonchev–Trinajstić information content (AvgIpc) is 3.58. The van der Waals surface area contributed by atoms with E-state index in [0.717, 1.165) is 11.4 Å². The Morgan fingerprint density at radius 2 is 1.11 bits per heavy atom. The molecule has 0 spiro atoms. The average molecular weight is 594 g/mol. The summed E-state index contributed by atoms with van der Waals surface area (Å²) in [5.74, 6) is 0. The predicted molar refractivity (Wildman–Crippen MR) is 195 cm³/mol. The third-order valence-corrected chi connectivity index (χ3v) is 10.9. The number of rotatable bonds is 4. The summed E-state index contributed by atoms with van der Waals surface area (Å²) in [6, 6.07) is 55.8. The second-order valence-corrected chi connectivity index (χ2v) is 13.6. The van der Waals surface area contributed by atoms with Crippen LogP contribution in [0.3, 0.4) is 0 Å². The Kier molecular flexibility index (Phi) is 5.78. The molecule has 8 aromatic rings. The van der Waals surface area contributed by atoms with E-state index < -0.39 is 0 Å². The highest BCUT2D eigenvalue weighted by Crippen LogP contribution is 2.51. The summed E-state index contributed by atoms with van der Waals surface area (Å²) in [7, 11) is 0. The second-order valence-electron chi connectivity index (χ2n) is 12.6. The third kappa shape index (κ3) is 4.06. The molecule has 0 atom stereocenters. The van der Waals surface area contributed by atoms with E-state index in [9.17, 15) is 0 Å². The minimum atomic E-state index is -0.0224. The Hall–Kier alpha value is -5.18. The first-order valence-corrected chi connectivity index (χ1v) is 16.4. The molecule has 9 rings (SSSR count). The van der Waals surface area contributed by atoms with Crippen molar-refractivity contribution in [2.75, 3.05) is 4.90 Å². The van der Waals surface area contributed by atoms with Crippen molar-refractivity contribution < 1.29 is 0 Å². The first-order chi connectivity index (χ1) is 22.1. The van der Waals surface area contributed by atoms with Crippen LogP contribution in [0, 0.1) is 0 Å². The fourth-order valence-corrected chi connectivity index (χ4v) is 8.63. The summed E-state index contributed by atoms with van der Waals surface area (Å²) in [6.07, 6.45) is 0. The monoisotopic (exact) mass is 593 g/mol. The Morgan fingerprint density at radius 1 is 0.467 bits per heavy atom. The molecule has 0 radical (unpaired) electrons. The first kappa shape index (κ1) is 26.2.